The molecule has 4 aliphatic rings. The summed E-state index contributed by atoms with van der Waals surface area (Å²) < 4.78 is 0. The van der Waals surface area contributed by atoms with Gasteiger partial charge in [-0.1, -0.05) is 20.8 Å². The van der Waals surface area contributed by atoms with Crippen LogP contribution in [0.3, 0.4) is 0 Å². The Balaban J connectivity index is 1.61. The molecular formula is C24H40O5. The SMILES string of the molecule is C[C@H](CCC(=O)O)[C@H]1CC[C@H]2[C@@H]3[C@H](O)C[C@@H]4C[C@H](O)CC[C@]4(C)[C@@H]3C[C@@H](O)[C@]12C. The van der Waals surface area contributed by atoms with Crippen LogP contribution in [0.25, 0.3) is 0 Å². The lowest BCUT2D eigenvalue weighted by molar-refractivity contribution is -0.207. The highest BCUT2D eigenvalue weighted by molar-refractivity contribution is 5.66. The van der Waals surface area contributed by atoms with Crippen LogP contribution in [-0.2, 0) is 4.79 Å². The molecule has 0 aromatic carbocycles. The van der Waals surface area contributed by atoms with E-state index in [0.29, 0.717) is 30.1 Å². The molecule has 0 amide bonds. The predicted molar refractivity (Wildman–Crippen MR) is 110 cm³/mol. The third kappa shape index (κ3) is 3.27. The lowest BCUT2D eigenvalue weighted by Gasteiger charge is -2.63. The molecule has 0 aliphatic heterocycles. The van der Waals surface area contributed by atoms with Crippen LogP contribution in [-0.4, -0.2) is 44.7 Å². The van der Waals surface area contributed by atoms with Crippen molar-refractivity contribution < 1.29 is 25.2 Å². The largest absolute Gasteiger partial charge is 0.481 e. The van der Waals surface area contributed by atoms with Crippen molar-refractivity contribution in [3.63, 3.8) is 0 Å². The molecule has 29 heavy (non-hydrogen) atoms. The fraction of sp³-hybridized carbons (Fsp3) is 0.958. The highest BCUT2D eigenvalue weighted by atomic mass is 16.4. The first kappa shape index (κ1) is 21.6. The predicted octanol–water partition coefficient (Wildman–Crippen LogP) is 3.45. The number of aliphatic hydroxyl groups is 3. The second-order valence-electron chi connectivity index (χ2n) is 11.4. The first-order chi connectivity index (χ1) is 13.6. The summed E-state index contributed by atoms with van der Waals surface area (Å²) >= 11 is 0. The van der Waals surface area contributed by atoms with Crippen molar-refractivity contribution in [2.45, 2.75) is 96.9 Å². The number of hydrogen-bond acceptors (Lipinski definition) is 4. The molecule has 4 N–H and O–H groups in total. The Kier molecular flexibility index (Phi) is 5.57. The van der Waals surface area contributed by atoms with E-state index in [0.717, 1.165) is 44.9 Å². The number of carboxylic acids is 1. The zero-order valence-electron chi connectivity index (χ0n) is 18.3. The minimum atomic E-state index is -0.748. The molecule has 5 nitrogen and oxygen atoms in total. The summed E-state index contributed by atoms with van der Waals surface area (Å²) in [4.78, 5) is 11.1. The average Bonchev–Trinajstić information content (AvgIpc) is 3.01. The Hall–Kier alpha value is -0.650. The lowest BCUT2D eigenvalue weighted by atomic mass is 9.43. The molecule has 0 saturated heterocycles. The summed E-state index contributed by atoms with van der Waals surface area (Å²) in [5, 5.41) is 42.0. The van der Waals surface area contributed by atoms with Crippen LogP contribution in [0.1, 0.15) is 78.6 Å². The van der Waals surface area contributed by atoms with Gasteiger partial charge >= 0.3 is 5.97 Å². The number of carbonyl (C=O) groups is 1. The zero-order valence-corrected chi connectivity index (χ0v) is 18.3. The Labute approximate surface area is 174 Å². The van der Waals surface area contributed by atoms with E-state index in [-0.39, 0.29) is 41.3 Å². The minimum absolute atomic E-state index is 0.0957. The lowest BCUT2D eigenvalue weighted by Crippen LogP contribution is -2.62. The summed E-state index contributed by atoms with van der Waals surface area (Å²) in [6.07, 6.45) is 6.00. The van der Waals surface area contributed by atoms with Crippen LogP contribution in [0.15, 0.2) is 0 Å². The van der Waals surface area contributed by atoms with E-state index in [1.165, 1.54) is 0 Å². The zero-order chi connectivity index (χ0) is 21.1. The molecule has 4 aliphatic carbocycles. The van der Waals surface area contributed by atoms with E-state index in [1.807, 2.05) is 0 Å². The molecule has 4 saturated carbocycles. The van der Waals surface area contributed by atoms with Gasteiger partial charge in [0.15, 0.2) is 0 Å². The summed E-state index contributed by atoms with van der Waals surface area (Å²) in [6.45, 7) is 6.72. The first-order valence-electron chi connectivity index (χ1n) is 11.8. The number of fused-ring (bicyclic) bond motifs is 5. The molecule has 4 fully saturated rings. The van der Waals surface area contributed by atoms with E-state index in [9.17, 15) is 20.1 Å². The van der Waals surface area contributed by atoms with Crippen molar-refractivity contribution >= 4 is 5.97 Å². The maximum absolute atomic E-state index is 11.5. The number of hydrogen-bond donors (Lipinski definition) is 4. The molecule has 0 aromatic heterocycles. The highest BCUT2D eigenvalue weighted by Gasteiger charge is 2.65. The average molecular weight is 409 g/mol. The fourth-order valence-electron chi connectivity index (χ4n) is 8.68. The second kappa shape index (κ2) is 7.49. The van der Waals surface area contributed by atoms with Gasteiger partial charge < -0.3 is 20.4 Å². The molecule has 0 bridgehead atoms. The maximum atomic E-state index is 11.5. The van der Waals surface area contributed by atoms with Gasteiger partial charge in [-0.3, -0.25) is 4.79 Å². The third-order valence-electron chi connectivity index (χ3n) is 10.3. The molecular weight excluding hydrogens is 368 g/mol. The molecule has 0 aromatic rings. The number of rotatable bonds is 4. The van der Waals surface area contributed by atoms with Crippen LogP contribution in [0.4, 0.5) is 0 Å². The van der Waals surface area contributed by atoms with Gasteiger partial charge in [-0.2, -0.15) is 0 Å². The van der Waals surface area contributed by atoms with Crippen LogP contribution in [0.5, 0.6) is 0 Å². The third-order valence-corrected chi connectivity index (χ3v) is 10.3. The van der Waals surface area contributed by atoms with Gasteiger partial charge in [0.2, 0.25) is 0 Å². The standard InChI is InChI=1S/C24H40O5/c1-13(4-7-21(28)29)16-5-6-17-22-18(12-20(27)24(16,17)3)23(2)9-8-15(25)10-14(23)11-19(22)26/h13-20,22,25-27H,4-12H2,1-3H3,(H,28,29)/t13-,14+,15-,16-,17+,18-,19-,20-,22+,23+,24-/m1/s1. The van der Waals surface area contributed by atoms with E-state index < -0.39 is 12.1 Å². The van der Waals surface area contributed by atoms with E-state index in [4.69, 9.17) is 5.11 Å². The quantitative estimate of drug-likeness (QED) is 0.571. The second-order valence-corrected chi connectivity index (χ2v) is 11.4. The van der Waals surface area contributed by atoms with E-state index in [1.54, 1.807) is 0 Å². The number of aliphatic carboxylic acids is 1. The normalized spacial score (nSPS) is 52.9. The highest BCUT2D eigenvalue weighted by Crippen LogP contribution is 2.68. The number of aliphatic hydroxyl groups excluding tert-OH is 3. The Morgan fingerprint density at radius 3 is 2.45 bits per heavy atom. The molecule has 4 rings (SSSR count). The van der Waals surface area contributed by atoms with Crippen LogP contribution >= 0.6 is 0 Å². The van der Waals surface area contributed by atoms with Crippen LogP contribution in [0.2, 0.25) is 0 Å². The smallest absolute Gasteiger partial charge is 0.303 e. The Morgan fingerprint density at radius 2 is 1.76 bits per heavy atom. The molecule has 166 valence electrons. The first-order valence-corrected chi connectivity index (χ1v) is 11.8. The molecule has 11 atom stereocenters. The summed E-state index contributed by atoms with van der Waals surface area (Å²) in [6, 6.07) is 0. The van der Waals surface area contributed by atoms with Gasteiger partial charge in [-0.05, 0) is 97.7 Å². The molecule has 0 spiro atoms. The van der Waals surface area contributed by atoms with Crippen molar-refractivity contribution in [1.29, 1.82) is 0 Å². The van der Waals surface area contributed by atoms with Gasteiger partial charge in [-0.15, -0.1) is 0 Å². The summed E-state index contributed by atoms with van der Waals surface area (Å²) in [5.74, 6) is 0.997. The van der Waals surface area contributed by atoms with Crippen molar-refractivity contribution in [1.82, 2.24) is 0 Å². The summed E-state index contributed by atoms with van der Waals surface area (Å²) in [7, 11) is 0. The molecule has 0 unspecified atom stereocenters. The topological polar surface area (TPSA) is 98.0 Å². The van der Waals surface area contributed by atoms with Crippen molar-refractivity contribution in [3.05, 3.63) is 0 Å². The van der Waals surface area contributed by atoms with Gasteiger partial charge in [0.25, 0.3) is 0 Å². The van der Waals surface area contributed by atoms with Gasteiger partial charge in [0.05, 0.1) is 18.3 Å². The van der Waals surface area contributed by atoms with Crippen molar-refractivity contribution in [3.8, 4) is 0 Å². The monoisotopic (exact) mass is 408 g/mol. The van der Waals surface area contributed by atoms with Crippen molar-refractivity contribution in [2.24, 2.45) is 46.3 Å². The molecule has 5 heteroatoms. The maximum Gasteiger partial charge on any atom is 0.303 e. The van der Waals surface area contributed by atoms with Gasteiger partial charge in [0.1, 0.15) is 0 Å². The van der Waals surface area contributed by atoms with Crippen LogP contribution in [0, 0.1) is 46.3 Å². The number of carboxylic acid groups (broad SMARTS) is 1. The Bertz CT molecular complexity index is 637. The van der Waals surface area contributed by atoms with Crippen molar-refractivity contribution in [2.75, 3.05) is 0 Å². The van der Waals surface area contributed by atoms with E-state index in [2.05, 4.69) is 20.8 Å². The summed E-state index contributed by atoms with van der Waals surface area (Å²) in [5.41, 5.74) is -0.143. The Morgan fingerprint density at radius 1 is 1.03 bits per heavy atom. The van der Waals surface area contributed by atoms with Crippen LogP contribution < -0.4 is 0 Å². The fourth-order valence-corrected chi connectivity index (χ4v) is 8.68. The van der Waals surface area contributed by atoms with Gasteiger partial charge in [0, 0.05) is 6.42 Å². The minimum Gasteiger partial charge on any atom is -0.481 e. The van der Waals surface area contributed by atoms with Gasteiger partial charge in [-0.25, -0.2) is 0 Å². The molecule has 0 radical (unpaired) electrons. The molecule has 0 heterocycles. The van der Waals surface area contributed by atoms with E-state index >= 15 is 0 Å².